The minimum atomic E-state index is -0.0406. The number of fused-ring (bicyclic) bond motifs is 2. The van der Waals surface area contributed by atoms with Gasteiger partial charge in [-0.15, -0.1) is 5.10 Å². The molecule has 0 fully saturated rings. The molecule has 1 atom stereocenters. The maximum Gasteiger partial charge on any atom is 0.157 e. The van der Waals surface area contributed by atoms with Gasteiger partial charge < -0.3 is 14.8 Å². The van der Waals surface area contributed by atoms with Crippen LogP contribution in [0.25, 0.3) is 10.8 Å². The van der Waals surface area contributed by atoms with Crippen molar-refractivity contribution in [2.45, 2.75) is 39.8 Å². The molecule has 0 unspecified atom stereocenters. The average molecular weight is 439 g/mol. The van der Waals surface area contributed by atoms with Gasteiger partial charge in [0.15, 0.2) is 5.82 Å². The molecule has 0 radical (unpaired) electrons. The highest BCUT2D eigenvalue weighted by Crippen LogP contribution is 2.31. The third kappa shape index (κ3) is 3.65. The number of hydrogen-bond donors (Lipinski definition) is 1. The van der Waals surface area contributed by atoms with Crippen LogP contribution in [0, 0.1) is 25.2 Å². The molecule has 166 valence electrons. The first-order chi connectivity index (χ1) is 16.0. The third-order valence-corrected chi connectivity index (χ3v) is 6.58. The first-order valence-corrected chi connectivity index (χ1v) is 11.1. The van der Waals surface area contributed by atoms with Gasteiger partial charge in [0.05, 0.1) is 41.9 Å². The number of rotatable bonds is 4. The molecule has 0 amide bonds. The number of aromatic nitrogens is 5. The molecule has 0 aliphatic carbocycles. The van der Waals surface area contributed by atoms with Gasteiger partial charge in [-0.1, -0.05) is 12.1 Å². The fourth-order valence-electron chi connectivity index (χ4n) is 4.62. The highest BCUT2D eigenvalue weighted by Gasteiger charge is 2.22. The van der Waals surface area contributed by atoms with Crippen LogP contribution in [0.4, 0.5) is 11.6 Å². The number of nitriles is 1. The van der Waals surface area contributed by atoms with Gasteiger partial charge in [0, 0.05) is 42.7 Å². The van der Waals surface area contributed by atoms with Gasteiger partial charge in [0.2, 0.25) is 0 Å². The summed E-state index contributed by atoms with van der Waals surface area (Å²) in [5, 5.41) is 23.7. The zero-order valence-electron chi connectivity index (χ0n) is 19.3. The van der Waals surface area contributed by atoms with Crippen molar-refractivity contribution in [1.29, 1.82) is 5.26 Å². The van der Waals surface area contributed by atoms with Gasteiger partial charge in [0.1, 0.15) is 5.82 Å². The Morgan fingerprint density at radius 1 is 1.15 bits per heavy atom. The lowest BCUT2D eigenvalue weighted by Crippen LogP contribution is -2.31. The predicted octanol–water partition coefficient (Wildman–Crippen LogP) is 3.98. The van der Waals surface area contributed by atoms with E-state index in [0.29, 0.717) is 11.4 Å². The molecule has 0 saturated heterocycles. The second-order valence-corrected chi connectivity index (χ2v) is 8.64. The number of imidazole rings is 1. The van der Waals surface area contributed by atoms with Crippen molar-refractivity contribution in [3.8, 4) is 6.07 Å². The first-order valence-electron chi connectivity index (χ1n) is 11.1. The number of nitrogens with zero attached hydrogens (tertiary/aromatic N) is 7. The minimum absolute atomic E-state index is 0.0406. The summed E-state index contributed by atoms with van der Waals surface area (Å²) in [4.78, 5) is 11.6. The predicted molar refractivity (Wildman–Crippen MR) is 128 cm³/mol. The SMILES string of the molecule is Cc1c(C#N)cccc1[C@@H](C)Nc1nnc(C)c2cnc(N3CCc4c(ncn4C)C3)cc12. The van der Waals surface area contributed by atoms with Crippen molar-refractivity contribution >= 4 is 22.4 Å². The van der Waals surface area contributed by atoms with Crippen LogP contribution < -0.4 is 10.2 Å². The summed E-state index contributed by atoms with van der Waals surface area (Å²) in [5.74, 6) is 1.62. The van der Waals surface area contributed by atoms with Crippen LogP contribution in [0.2, 0.25) is 0 Å². The lowest BCUT2D eigenvalue weighted by molar-refractivity contribution is 0.677. The molecule has 0 saturated carbocycles. The smallest absolute Gasteiger partial charge is 0.157 e. The summed E-state index contributed by atoms with van der Waals surface area (Å²) < 4.78 is 2.10. The fraction of sp³-hybridized carbons (Fsp3) is 0.320. The Labute approximate surface area is 192 Å². The molecule has 0 spiro atoms. The highest BCUT2D eigenvalue weighted by molar-refractivity contribution is 5.94. The molecule has 0 bridgehead atoms. The van der Waals surface area contributed by atoms with E-state index in [4.69, 9.17) is 4.98 Å². The van der Waals surface area contributed by atoms with E-state index in [2.05, 4.69) is 49.0 Å². The van der Waals surface area contributed by atoms with Gasteiger partial charge in [-0.3, -0.25) is 0 Å². The van der Waals surface area contributed by atoms with E-state index in [1.807, 2.05) is 51.6 Å². The number of nitrogens with one attached hydrogen (secondary N) is 1. The van der Waals surface area contributed by atoms with Crippen LogP contribution in [0.15, 0.2) is 36.8 Å². The third-order valence-electron chi connectivity index (χ3n) is 6.58. The van der Waals surface area contributed by atoms with Crippen molar-refractivity contribution in [3.05, 3.63) is 70.6 Å². The molecule has 33 heavy (non-hydrogen) atoms. The van der Waals surface area contributed by atoms with Gasteiger partial charge in [-0.05, 0) is 44.0 Å². The van der Waals surface area contributed by atoms with E-state index in [0.717, 1.165) is 58.6 Å². The molecule has 4 heterocycles. The number of aryl methyl sites for hydroxylation is 2. The Morgan fingerprint density at radius 3 is 2.82 bits per heavy atom. The average Bonchev–Trinajstić information content (AvgIpc) is 3.20. The maximum absolute atomic E-state index is 9.39. The largest absolute Gasteiger partial charge is 0.362 e. The molecular weight excluding hydrogens is 412 g/mol. The normalized spacial score (nSPS) is 14.1. The summed E-state index contributed by atoms with van der Waals surface area (Å²) in [6, 6.07) is 10.1. The maximum atomic E-state index is 9.39. The van der Waals surface area contributed by atoms with E-state index in [-0.39, 0.29) is 6.04 Å². The van der Waals surface area contributed by atoms with Crippen molar-refractivity contribution < 1.29 is 0 Å². The molecule has 4 aromatic rings. The van der Waals surface area contributed by atoms with Crippen molar-refractivity contribution in [1.82, 2.24) is 24.7 Å². The van der Waals surface area contributed by atoms with Crippen molar-refractivity contribution in [2.75, 3.05) is 16.8 Å². The highest BCUT2D eigenvalue weighted by atomic mass is 15.2. The Morgan fingerprint density at radius 2 is 2.00 bits per heavy atom. The topological polar surface area (TPSA) is 95.6 Å². The zero-order valence-corrected chi connectivity index (χ0v) is 19.3. The lowest BCUT2D eigenvalue weighted by Gasteiger charge is -2.28. The van der Waals surface area contributed by atoms with Crippen molar-refractivity contribution in [2.24, 2.45) is 7.05 Å². The van der Waals surface area contributed by atoms with E-state index in [1.165, 1.54) is 5.69 Å². The van der Waals surface area contributed by atoms with Crippen LogP contribution in [0.5, 0.6) is 0 Å². The standard InChI is InChI=1S/C25H26N8/c1-15-18(11-26)6-5-7-19(15)16(2)29-25-20-10-24(27-12-21(20)17(3)30-31-25)33-9-8-23-22(13-33)28-14-32(23)4/h5-7,10,12,14,16H,8-9,13H2,1-4H3,(H,29,31)/t16-/m1/s1. The zero-order chi connectivity index (χ0) is 23.1. The molecule has 8 nitrogen and oxygen atoms in total. The minimum Gasteiger partial charge on any atom is -0.362 e. The van der Waals surface area contributed by atoms with E-state index < -0.39 is 0 Å². The van der Waals surface area contributed by atoms with Crippen LogP contribution in [-0.4, -0.2) is 31.3 Å². The fourth-order valence-corrected chi connectivity index (χ4v) is 4.62. The summed E-state index contributed by atoms with van der Waals surface area (Å²) in [5.41, 5.74) is 5.97. The van der Waals surface area contributed by atoms with Crippen LogP contribution >= 0.6 is 0 Å². The van der Waals surface area contributed by atoms with Crippen molar-refractivity contribution in [3.63, 3.8) is 0 Å². The molecular formula is C25H26N8. The first kappa shape index (κ1) is 20.9. The van der Waals surface area contributed by atoms with E-state index >= 15 is 0 Å². The quantitative estimate of drug-likeness (QED) is 0.515. The molecule has 8 heteroatoms. The second-order valence-electron chi connectivity index (χ2n) is 8.64. The van der Waals surface area contributed by atoms with Crippen LogP contribution in [0.1, 0.15) is 46.7 Å². The number of benzene rings is 1. The van der Waals surface area contributed by atoms with Gasteiger partial charge >= 0.3 is 0 Å². The molecule has 1 N–H and O–H groups in total. The molecule has 5 rings (SSSR count). The summed E-state index contributed by atoms with van der Waals surface area (Å²) in [6.07, 6.45) is 4.71. The van der Waals surface area contributed by atoms with Crippen LogP contribution in [-0.2, 0) is 20.0 Å². The van der Waals surface area contributed by atoms with E-state index in [9.17, 15) is 5.26 Å². The molecule has 1 aliphatic heterocycles. The van der Waals surface area contributed by atoms with E-state index in [1.54, 1.807) is 0 Å². The Bertz CT molecular complexity index is 1400. The second kappa shape index (κ2) is 8.17. The number of pyridine rings is 1. The summed E-state index contributed by atoms with van der Waals surface area (Å²) >= 11 is 0. The number of hydrogen-bond acceptors (Lipinski definition) is 7. The summed E-state index contributed by atoms with van der Waals surface area (Å²) in [6.45, 7) is 7.64. The molecule has 3 aromatic heterocycles. The van der Waals surface area contributed by atoms with Gasteiger partial charge in [-0.2, -0.15) is 10.4 Å². The number of anilines is 2. The molecule has 1 aliphatic rings. The molecule has 1 aromatic carbocycles. The Balaban J connectivity index is 1.50. The monoisotopic (exact) mass is 438 g/mol. The van der Waals surface area contributed by atoms with Gasteiger partial charge in [0.25, 0.3) is 0 Å². The lowest BCUT2D eigenvalue weighted by atomic mass is 9.98. The Hall–Kier alpha value is -3.99. The van der Waals surface area contributed by atoms with Gasteiger partial charge in [-0.25, -0.2) is 9.97 Å². The Kier molecular flexibility index (Phi) is 5.17. The summed E-state index contributed by atoms with van der Waals surface area (Å²) in [7, 11) is 2.05. The van der Waals surface area contributed by atoms with Crippen LogP contribution in [0.3, 0.4) is 0 Å².